The number of rotatable bonds is 11. The number of carbonyl (C=O) groups excluding carboxylic acids is 2. The highest BCUT2D eigenvalue weighted by Gasteiger charge is 2.13. The molecule has 4 N–H and O–H groups in total. The number of hydrogen-bond donors (Lipinski definition) is 2. The molecule has 0 unspecified atom stereocenters. The Balaban J connectivity index is 2.79. The topological polar surface area (TPSA) is 108 Å². The van der Waals surface area contributed by atoms with Gasteiger partial charge in [-0.25, -0.2) is 0 Å². The van der Waals surface area contributed by atoms with Crippen molar-refractivity contribution in [3.63, 3.8) is 0 Å². The van der Waals surface area contributed by atoms with Crippen LogP contribution in [-0.4, -0.2) is 50.6 Å². The maximum absolute atomic E-state index is 11.0. The van der Waals surface area contributed by atoms with E-state index < -0.39 is 0 Å². The first-order valence-corrected chi connectivity index (χ1v) is 8.36. The van der Waals surface area contributed by atoms with E-state index in [4.69, 9.17) is 20.9 Å². The van der Waals surface area contributed by atoms with E-state index in [0.29, 0.717) is 31.8 Å². The molecule has 0 aliphatic heterocycles. The molecular weight excluding hydrogens is 378 g/mol. The number of methoxy groups -OCH3 is 2. The summed E-state index contributed by atoms with van der Waals surface area (Å²) >= 11 is 3.43. The van der Waals surface area contributed by atoms with Crippen molar-refractivity contribution in [2.45, 2.75) is 19.3 Å². The lowest BCUT2D eigenvalue weighted by Gasteiger charge is -2.22. The summed E-state index contributed by atoms with van der Waals surface area (Å²) in [6, 6.07) is 3.76. The van der Waals surface area contributed by atoms with Gasteiger partial charge in [0, 0.05) is 32.5 Å². The fraction of sp³-hybridized carbons (Fsp3) is 0.500. The molecule has 24 heavy (non-hydrogen) atoms. The van der Waals surface area contributed by atoms with Gasteiger partial charge in [-0.1, -0.05) is 0 Å². The zero-order chi connectivity index (χ0) is 18.1. The Morgan fingerprint density at radius 2 is 1.54 bits per heavy atom. The van der Waals surface area contributed by atoms with Crippen LogP contribution in [-0.2, 0) is 16.0 Å². The molecule has 0 radical (unpaired) electrons. The number of benzene rings is 1. The van der Waals surface area contributed by atoms with E-state index in [1.807, 2.05) is 17.0 Å². The van der Waals surface area contributed by atoms with E-state index in [1.54, 1.807) is 14.2 Å². The van der Waals surface area contributed by atoms with Gasteiger partial charge in [0.05, 0.1) is 18.7 Å². The minimum Gasteiger partial charge on any atom is -0.496 e. The van der Waals surface area contributed by atoms with Crippen LogP contribution in [0.3, 0.4) is 0 Å². The first-order valence-electron chi connectivity index (χ1n) is 7.56. The van der Waals surface area contributed by atoms with Gasteiger partial charge in [-0.05, 0) is 40.0 Å². The van der Waals surface area contributed by atoms with Gasteiger partial charge in [0.15, 0.2) is 0 Å². The van der Waals surface area contributed by atoms with Gasteiger partial charge in [0.25, 0.3) is 0 Å². The monoisotopic (exact) mass is 401 g/mol. The van der Waals surface area contributed by atoms with Crippen LogP contribution in [0.5, 0.6) is 11.5 Å². The molecule has 0 bridgehead atoms. The quantitative estimate of drug-likeness (QED) is 0.576. The summed E-state index contributed by atoms with van der Waals surface area (Å²) in [7, 11) is 3.21. The van der Waals surface area contributed by atoms with Crippen molar-refractivity contribution in [1.82, 2.24) is 4.90 Å². The van der Waals surface area contributed by atoms with E-state index in [0.717, 1.165) is 15.8 Å². The van der Waals surface area contributed by atoms with Crippen LogP contribution in [0, 0.1) is 0 Å². The minimum atomic E-state index is -0.373. The fourth-order valence-electron chi connectivity index (χ4n) is 2.27. The highest BCUT2D eigenvalue weighted by atomic mass is 79.9. The fourth-order valence-corrected chi connectivity index (χ4v) is 2.75. The first-order chi connectivity index (χ1) is 11.4. The molecule has 0 spiro atoms. The lowest BCUT2D eigenvalue weighted by atomic mass is 10.1. The average molecular weight is 402 g/mol. The Labute approximate surface area is 150 Å². The van der Waals surface area contributed by atoms with Crippen molar-refractivity contribution in [2.75, 3.05) is 33.9 Å². The summed E-state index contributed by atoms with van der Waals surface area (Å²) in [4.78, 5) is 24.0. The highest BCUT2D eigenvalue weighted by Crippen LogP contribution is 2.33. The van der Waals surface area contributed by atoms with Gasteiger partial charge < -0.3 is 25.8 Å². The van der Waals surface area contributed by atoms with Crippen molar-refractivity contribution in [2.24, 2.45) is 11.5 Å². The summed E-state index contributed by atoms with van der Waals surface area (Å²) in [6.07, 6.45) is 1.14. The Hall–Kier alpha value is -1.80. The number of halogens is 1. The second-order valence-electron chi connectivity index (χ2n) is 5.32. The zero-order valence-electron chi connectivity index (χ0n) is 14.0. The molecule has 134 valence electrons. The van der Waals surface area contributed by atoms with Gasteiger partial charge >= 0.3 is 0 Å². The summed E-state index contributed by atoms with van der Waals surface area (Å²) in [6.45, 7) is 1.61. The second kappa shape index (κ2) is 10.1. The van der Waals surface area contributed by atoms with Crippen LogP contribution in [0.4, 0.5) is 0 Å². The second-order valence-corrected chi connectivity index (χ2v) is 6.18. The summed E-state index contributed by atoms with van der Waals surface area (Å²) < 4.78 is 11.5. The lowest BCUT2D eigenvalue weighted by molar-refractivity contribution is -0.118. The van der Waals surface area contributed by atoms with Gasteiger partial charge in [-0.15, -0.1) is 0 Å². The normalized spacial score (nSPS) is 10.7. The van der Waals surface area contributed by atoms with Gasteiger partial charge in [0.2, 0.25) is 11.8 Å². The number of primary amides is 2. The Morgan fingerprint density at radius 3 is 2.00 bits per heavy atom. The van der Waals surface area contributed by atoms with E-state index in [1.165, 1.54) is 0 Å². The Bertz CT molecular complexity index is 563. The standard InChI is InChI=1S/C16H24BrN3O4/c1-23-13-10-12(17)14(24-2)9-11(13)3-6-20(7-4-15(18)21)8-5-16(19)22/h9-10H,3-8H2,1-2H3,(H2,18,21)(H2,19,22). The largest absolute Gasteiger partial charge is 0.496 e. The third kappa shape index (κ3) is 6.76. The molecule has 0 fully saturated rings. The van der Waals surface area contributed by atoms with Gasteiger partial charge in [0.1, 0.15) is 11.5 Å². The molecule has 0 aliphatic carbocycles. The van der Waals surface area contributed by atoms with E-state index in [9.17, 15) is 9.59 Å². The first kappa shape index (κ1) is 20.2. The maximum Gasteiger partial charge on any atom is 0.218 e. The van der Waals surface area contributed by atoms with Gasteiger partial charge in [-0.3, -0.25) is 9.59 Å². The van der Waals surface area contributed by atoms with Gasteiger partial charge in [-0.2, -0.15) is 0 Å². The summed E-state index contributed by atoms with van der Waals surface area (Å²) in [5.41, 5.74) is 11.4. The molecule has 1 aromatic carbocycles. The average Bonchev–Trinajstić information content (AvgIpc) is 2.54. The van der Waals surface area contributed by atoms with Crippen LogP contribution in [0.1, 0.15) is 18.4 Å². The molecule has 8 heteroatoms. The zero-order valence-corrected chi connectivity index (χ0v) is 15.6. The predicted octanol–water partition coefficient (Wildman–Crippen LogP) is 1.06. The minimum absolute atomic E-state index is 0.236. The molecule has 0 saturated carbocycles. The predicted molar refractivity (Wildman–Crippen MR) is 95.0 cm³/mol. The molecule has 1 aromatic rings. The lowest BCUT2D eigenvalue weighted by Crippen LogP contribution is -2.33. The SMILES string of the molecule is COc1cc(CCN(CCC(N)=O)CCC(N)=O)c(OC)cc1Br. The van der Waals surface area contributed by atoms with E-state index >= 15 is 0 Å². The molecule has 0 heterocycles. The number of nitrogens with two attached hydrogens (primary N) is 2. The smallest absolute Gasteiger partial charge is 0.218 e. The molecular formula is C16H24BrN3O4. The maximum atomic E-state index is 11.0. The number of carbonyl (C=O) groups is 2. The molecule has 7 nitrogen and oxygen atoms in total. The summed E-state index contributed by atoms with van der Waals surface area (Å²) in [5.74, 6) is 0.711. The van der Waals surface area contributed by atoms with Crippen LogP contribution in [0.25, 0.3) is 0 Å². The van der Waals surface area contributed by atoms with Crippen LogP contribution in [0.2, 0.25) is 0 Å². The van der Waals surface area contributed by atoms with Crippen molar-refractivity contribution < 1.29 is 19.1 Å². The van der Waals surface area contributed by atoms with Crippen molar-refractivity contribution in [3.05, 3.63) is 22.2 Å². The van der Waals surface area contributed by atoms with Crippen LogP contribution >= 0.6 is 15.9 Å². The van der Waals surface area contributed by atoms with Crippen molar-refractivity contribution in [3.8, 4) is 11.5 Å². The Morgan fingerprint density at radius 1 is 1.00 bits per heavy atom. The van der Waals surface area contributed by atoms with Crippen molar-refractivity contribution >= 4 is 27.7 Å². The van der Waals surface area contributed by atoms with Crippen molar-refractivity contribution in [1.29, 1.82) is 0 Å². The van der Waals surface area contributed by atoms with E-state index in [-0.39, 0.29) is 24.7 Å². The van der Waals surface area contributed by atoms with Crippen LogP contribution in [0.15, 0.2) is 16.6 Å². The van der Waals surface area contributed by atoms with Crippen LogP contribution < -0.4 is 20.9 Å². The number of amides is 2. The molecule has 2 amide bonds. The number of ether oxygens (including phenoxy) is 2. The Kier molecular flexibility index (Phi) is 8.56. The van der Waals surface area contributed by atoms with E-state index in [2.05, 4.69) is 15.9 Å². The summed E-state index contributed by atoms with van der Waals surface area (Å²) in [5, 5.41) is 0. The highest BCUT2D eigenvalue weighted by molar-refractivity contribution is 9.10. The molecule has 0 aromatic heterocycles. The molecule has 0 atom stereocenters. The molecule has 0 saturated heterocycles. The number of nitrogens with zero attached hydrogens (tertiary/aromatic N) is 1. The third-order valence-electron chi connectivity index (χ3n) is 3.60. The molecule has 1 rings (SSSR count). The number of hydrogen-bond acceptors (Lipinski definition) is 5. The molecule has 0 aliphatic rings. The third-order valence-corrected chi connectivity index (χ3v) is 4.22.